The molecule has 0 aromatic carbocycles. The van der Waals surface area contributed by atoms with E-state index in [9.17, 15) is 14.9 Å². The molecule has 1 N–H and O–H groups in total. The fourth-order valence-corrected chi connectivity index (χ4v) is 2.33. The van der Waals surface area contributed by atoms with Gasteiger partial charge in [-0.15, -0.1) is 0 Å². The molecule has 8 heteroatoms. The molecule has 1 amide bonds. The summed E-state index contributed by atoms with van der Waals surface area (Å²) in [5, 5.41) is 17.7. The molecule has 0 saturated carbocycles. The molecule has 0 radical (unpaired) electrons. The van der Waals surface area contributed by atoms with Crippen molar-refractivity contribution in [1.82, 2.24) is 20.0 Å². The van der Waals surface area contributed by atoms with Crippen molar-refractivity contribution in [2.75, 3.05) is 13.1 Å². The van der Waals surface area contributed by atoms with Crippen LogP contribution < -0.4 is 5.32 Å². The maximum absolute atomic E-state index is 12.2. The molecule has 2 unspecified atom stereocenters. The van der Waals surface area contributed by atoms with Crippen molar-refractivity contribution in [3.63, 3.8) is 0 Å². The molecule has 0 bridgehead atoms. The summed E-state index contributed by atoms with van der Waals surface area (Å²) in [5.74, 6) is 0.0593. The van der Waals surface area contributed by atoms with Crippen LogP contribution in [0, 0.1) is 10.1 Å². The monoisotopic (exact) mass is 281 g/mol. The molecule has 1 aliphatic rings. The van der Waals surface area contributed by atoms with Crippen molar-refractivity contribution in [1.29, 1.82) is 0 Å². The first-order valence-corrected chi connectivity index (χ1v) is 6.68. The molecule has 1 aliphatic heterocycles. The zero-order chi connectivity index (χ0) is 14.7. The van der Waals surface area contributed by atoms with E-state index in [0.717, 1.165) is 6.54 Å². The van der Waals surface area contributed by atoms with E-state index in [0.29, 0.717) is 19.5 Å². The lowest BCUT2D eigenvalue weighted by molar-refractivity contribution is -0.385. The number of hydrogen-bond donors (Lipinski definition) is 1. The van der Waals surface area contributed by atoms with Crippen molar-refractivity contribution in [3.05, 3.63) is 22.5 Å². The summed E-state index contributed by atoms with van der Waals surface area (Å²) < 4.78 is 1.44. The molecule has 20 heavy (non-hydrogen) atoms. The summed E-state index contributed by atoms with van der Waals surface area (Å²) in [6.45, 7) is 5.93. The summed E-state index contributed by atoms with van der Waals surface area (Å²) in [5.41, 5.74) is -0.0541. The van der Waals surface area contributed by atoms with Crippen LogP contribution in [0.1, 0.15) is 20.3 Å². The van der Waals surface area contributed by atoms with Gasteiger partial charge in [0, 0.05) is 38.1 Å². The van der Waals surface area contributed by atoms with E-state index in [1.807, 2.05) is 11.8 Å². The lowest BCUT2D eigenvalue weighted by Crippen LogP contribution is -2.57. The zero-order valence-corrected chi connectivity index (χ0v) is 11.7. The minimum Gasteiger partial charge on any atom is -0.337 e. The van der Waals surface area contributed by atoms with E-state index in [-0.39, 0.29) is 23.7 Å². The van der Waals surface area contributed by atoms with Crippen molar-refractivity contribution in [2.45, 2.75) is 38.9 Å². The van der Waals surface area contributed by atoms with Gasteiger partial charge in [0.05, 0.1) is 4.92 Å². The number of nitrogens with one attached hydrogen (secondary N) is 1. The molecule has 8 nitrogen and oxygen atoms in total. The lowest BCUT2D eigenvalue weighted by atomic mass is 10.1. The third kappa shape index (κ3) is 3.13. The van der Waals surface area contributed by atoms with Crippen molar-refractivity contribution in [3.8, 4) is 0 Å². The van der Waals surface area contributed by atoms with E-state index in [2.05, 4.69) is 17.3 Å². The number of nitro groups is 1. The smallest absolute Gasteiger partial charge is 0.306 e. The van der Waals surface area contributed by atoms with Gasteiger partial charge in [-0.3, -0.25) is 19.6 Å². The van der Waals surface area contributed by atoms with E-state index in [1.165, 1.54) is 17.1 Å². The van der Waals surface area contributed by atoms with Crippen LogP contribution >= 0.6 is 0 Å². The fraction of sp³-hybridized carbons (Fsp3) is 0.667. The lowest BCUT2D eigenvalue weighted by Gasteiger charge is -2.38. The van der Waals surface area contributed by atoms with Gasteiger partial charge in [0.1, 0.15) is 12.4 Å². The summed E-state index contributed by atoms with van der Waals surface area (Å²) >= 11 is 0. The molecule has 2 atom stereocenters. The first kappa shape index (κ1) is 14.4. The van der Waals surface area contributed by atoms with Crippen LogP contribution in [0.25, 0.3) is 0 Å². The number of rotatable bonds is 4. The molecule has 1 fully saturated rings. The van der Waals surface area contributed by atoms with Crippen LogP contribution in [0.2, 0.25) is 0 Å². The SMILES string of the molecule is CC1NCCN(C(=O)CCn2cc([N+](=O)[O-])cn2)C1C. The van der Waals surface area contributed by atoms with E-state index >= 15 is 0 Å². The number of aromatic nitrogens is 2. The highest BCUT2D eigenvalue weighted by atomic mass is 16.6. The van der Waals surface area contributed by atoms with Gasteiger partial charge in [0.2, 0.25) is 5.91 Å². The van der Waals surface area contributed by atoms with E-state index in [4.69, 9.17) is 0 Å². The van der Waals surface area contributed by atoms with Gasteiger partial charge in [-0.2, -0.15) is 5.10 Å². The average Bonchev–Trinajstić information content (AvgIpc) is 2.88. The van der Waals surface area contributed by atoms with Gasteiger partial charge < -0.3 is 10.2 Å². The first-order valence-electron chi connectivity index (χ1n) is 6.68. The molecular formula is C12H19N5O3. The van der Waals surface area contributed by atoms with Crippen molar-refractivity contribution >= 4 is 11.6 Å². The van der Waals surface area contributed by atoms with Crippen LogP contribution in [0.15, 0.2) is 12.4 Å². The zero-order valence-electron chi connectivity index (χ0n) is 11.7. The minimum absolute atomic E-state index is 0.0541. The second-order valence-electron chi connectivity index (χ2n) is 5.04. The molecule has 2 heterocycles. The summed E-state index contributed by atoms with van der Waals surface area (Å²) in [6, 6.07) is 0.432. The molecule has 0 aliphatic carbocycles. The highest BCUT2D eigenvalue weighted by molar-refractivity contribution is 5.76. The second-order valence-corrected chi connectivity index (χ2v) is 5.04. The number of aryl methyl sites for hydroxylation is 1. The molecule has 0 spiro atoms. The second kappa shape index (κ2) is 6.00. The molecular weight excluding hydrogens is 262 g/mol. The van der Waals surface area contributed by atoms with Gasteiger partial charge in [-0.05, 0) is 13.8 Å². The standard InChI is InChI=1S/C12H19N5O3/c1-9-10(2)16(6-4-13-9)12(18)3-5-15-8-11(7-14-15)17(19)20/h7-10,13H,3-6H2,1-2H3. The number of nitrogens with zero attached hydrogens (tertiary/aromatic N) is 4. The van der Waals surface area contributed by atoms with Crippen LogP contribution in [-0.2, 0) is 11.3 Å². The Morgan fingerprint density at radius 2 is 2.35 bits per heavy atom. The summed E-state index contributed by atoms with van der Waals surface area (Å²) in [7, 11) is 0. The van der Waals surface area contributed by atoms with E-state index < -0.39 is 4.92 Å². The Balaban J connectivity index is 1.89. The molecule has 1 saturated heterocycles. The third-order valence-electron chi connectivity index (χ3n) is 3.74. The van der Waals surface area contributed by atoms with E-state index in [1.54, 1.807) is 0 Å². The quantitative estimate of drug-likeness (QED) is 0.636. The van der Waals surface area contributed by atoms with Crippen molar-refractivity contribution in [2.24, 2.45) is 0 Å². The van der Waals surface area contributed by atoms with Gasteiger partial charge >= 0.3 is 5.69 Å². The summed E-state index contributed by atoms with van der Waals surface area (Å²) in [4.78, 5) is 24.1. The number of piperazine rings is 1. The largest absolute Gasteiger partial charge is 0.337 e. The van der Waals surface area contributed by atoms with Gasteiger partial charge in [-0.1, -0.05) is 0 Å². The fourth-order valence-electron chi connectivity index (χ4n) is 2.33. The Morgan fingerprint density at radius 1 is 1.60 bits per heavy atom. The predicted octanol–water partition coefficient (Wildman–Crippen LogP) is 0.390. The molecule has 2 rings (SSSR count). The molecule has 1 aromatic heterocycles. The van der Waals surface area contributed by atoms with Crippen LogP contribution in [0.5, 0.6) is 0 Å². The normalized spacial score (nSPS) is 22.8. The van der Waals surface area contributed by atoms with Crippen molar-refractivity contribution < 1.29 is 9.72 Å². The van der Waals surface area contributed by atoms with Crippen LogP contribution in [-0.4, -0.2) is 50.7 Å². The molecule has 1 aromatic rings. The Kier molecular flexibility index (Phi) is 4.33. The molecule has 110 valence electrons. The third-order valence-corrected chi connectivity index (χ3v) is 3.74. The van der Waals surface area contributed by atoms with Gasteiger partial charge in [0.15, 0.2) is 0 Å². The number of carbonyl (C=O) groups excluding carboxylic acids is 1. The average molecular weight is 281 g/mol. The topological polar surface area (TPSA) is 93.3 Å². The Morgan fingerprint density at radius 3 is 3.00 bits per heavy atom. The Labute approximate surface area is 116 Å². The number of amides is 1. The summed E-state index contributed by atoms with van der Waals surface area (Å²) in [6.07, 6.45) is 2.84. The minimum atomic E-state index is -0.495. The first-order chi connectivity index (χ1) is 9.49. The highest BCUT2D eigenvalue weighted by Crippen LogP contribution is 2.12. The number of carbonyl (C=O) groups is 1. The maximum atomic E-state index is 12.2. The van der Waals surface area contributed by atoms with Crippen LogP contribution in [0.4, 0.5) is 5.69 Å². The Bertz CT molecular complexity index is 501. The Hall–Kier alpha value is -1.96. The maximum Gasteiger partial charge on any atom is 0.306 e. The highest BCUT2D eigenvalue weighted by Gasteiger charge is 2.27. The predicted molar refractivity (Wildman–Crippen MR) is 72.1 cm³/mol. The number of hydrogen-bond acceptors (Lipinski definition) is 5. The van der Waals surface area contributed by atoms with Gasteiger partial charge in [0.25, 0.3) is 0 Å². The van der Waals surface area contributed by atoms with Gasteiger partial charge in [-0.25, -0.2) is 0 Å². The van der Waals surface area contributed by atoms with Crippen LogP contribution in [0.3, 0.4) is 0 Å².